The van der Waals surface area contributed by atoms with E-state index >= 15 is 0 Å². The molecule has 0 aliphatic rings. The predicted molar refractivity (Wildman–Crippen MR) is 65.0 cm³/mol. The van der Waals surface area contributed by atoms with Crippen molar-refractivity contribution in [3.8, 4) is 0 Å². The molecule has 0 spiro atoms. The van der Waals surface area contributed by atoms with Crippen LogP contribution in [0.2, 0.25) is 0 Å². The van der Waals surface area contributed by atoms with Gasteiger partial charge in [0, 0.05) is 18.8 Å². The van der Waals surface area contributed by atoms with Crippen LogP contribution < -0.4 is 5.73 Å². The number of nitrogens with zero attached hydrogens (tertiary/aromatic N) is 2. The summed E-state index contributed by atoms with van der Waals surface area (Å²) in [5.41, 5.74) is 8.51. The van der Waals surface area contributed by atoms with Gasteiger partial charge in [-0.2, -0.15) is 5.10 Å². The van der Waals surface area contributed by atoms with E-state index in [-0.39, 0.29) is 6.04 Å². The summed E-state index contributed by atoms with van der Waals surface area (Å²) in [6, 6.07) is 10.2. The van der Waals surface area contributed by atoms with E-state index < -0.39 is 0 Å². The van der Waals surface area contributed by atoms with Crippen molar-refractivity contribution in [2.45, 2.75) is 25.9 Å². The third-order valence-corrected chi connectivity index (χ3v) is 2.69. The molecule has 0 fully saturated rings. The van der Waals surface area contributed by atoms with Crippen LogP contribution in [0.25, 0.3) is 0 Å². The summed E-state index contributed by atoms with van der Waals surface area (Å²) < 4.78 is 1.92. The first kappa shape index (κ1) is 10.9. The van der Waals surface area contributed by atoms with Crippen LogP contribution in [0.4, 0.5) is 0 Å². The molecule has 1 aromatic carbocycles. The van der Waals surface area contributed by atoms with E-state index in [9.17, 15) is 0 Å². The molecule has 2 aromatic rings. The quantitative estimate of drug-likeness (QED) is 0.849. The van der Waals surface area contributed by atoms with Crippen molar-refractivity contribution in [3.63, 3.8) is 0 Å². The van der Waals surface area contributed by atoms with Crippen LogP contribution in [0, 0.1) is 0 Å². The summed E-state index contributed by atoms with van der Waals surface area (Å²) in [6.07, 6.45) is 4.79. The minimum absolute atomic E-state index is 0.0516. The Bertz CT molecular complexity index is 433. The number of hydrogen-bond acceptors (Lipinski definition) is 2. The summed E-state index contributed by atoms with van der Waals surface area (Å²) in [5.74, 6) is 0. The smallest absolute Gasteiger partial charge is 0.0522 e. The van der Waals surface area contributed by atoms with Crippen molar-refractivity contribution in [2.75, 3.05) is 0 Å². The van der Waals surface area contributed by atoms with E-state index in [1.54, 1.807) is 0 Å². The van der Waals surface area contributed by atoms with Crippen LogP contribution in [0.15, 0.2) is 42.7 Å². The van der Waals surface area contributed by atoms with Crippen molar-refractivity contribution >= 4 is 0 Å². The molecule has 3 heteroatoms. The largest absolute Gasteiger partial charge is 0.324 e. The first-order valence-electron chi connectivity index (χ1n) is 5.61. The molecule has 0 aliphatic heterocycles. The monoisotopic (exact) mass is 215 g/mol. The molecule has 0 bridgehead atoms. The van der Waals surface area contributed by atoms with Crippen molar-refractivity contribution < 1.29 is 0 Å². The maximum Gasteiger partial charge on any atom is 0.0522 e. The van der Waals surface area contributed by atoms with Gasteiger partial charge >= 0.3 is 0 Å². The van der Waals surface area contributed by atoms with Crippen LogP contribution in [-0.2, 0) is 13.0 Å². The summed E-state index contributed by atoms with van der Waals surface area (Å²) in [7, 11) is 0. The fourth-order valence-corrected chi connectivity index (χ4v) is 1.76. The van der Waals surface area contributed by atoms with Gasteiger partial charge in [-0.25, -0.2) is 0 Å². The molecule has 1 aromatic heterocycles. The molecule has 16 heavy (non-hydrogen) atoms. The average molecular weight is 215 g/mol. The van der Waals surface area contributed by atoms with Crippen molar-refractivity contribution in [1.82, 2.24) is 9.78 Å². The highest BCUT2D eigenvalue weighted by molar-refractivity contribution is 5.21. The van der Waals surface area contributed by atoms with E-state index in [0.29, 0.717) is 0 Å². The Morgan fingerprint density at radius 3 is 2.69 bits per heavy atom. The van der Waals surface area contributed by atoms with Crippen molar-refractivity contribution in [2.24, 2.45) is 5.73 Å². The zero-order valence-electron chi connectivity index (χ0n) is 9.50. The van der Waals surface area contributed by atoms with Gasteiger partial charge in [-0.05, 0) is 24.5 Å². The number of benzene rings is 1. The molecule has 2 N–H and O–H groups in total. The van der Waals surface area contributed by atoms with Gasteiger partial charge < -0.3 is 5.73 Å². The topological polar surface area (TPSA) is 43.8 Å². The molecule has 0 saturated carbocycles. The lowest BCUT2D eigenvalue weighted by Gasteiger charge is -2.10. The Hall–Kier alpha value is -1.61. The lowest BCUT2D eigenvalue weighted by Crippen LogP contribution is -2.12. The van der Waals surface area contributed by atoms with Gasteiger partial charge in [0.2, 0.25) is 0 Å². The summed E-state index contributed by atoms with van der Waals surface area (Å²) in [4.78, 5) is 0. The molecule has 84 valence electrons. The SMILES string of the molecule is CCn1cc(CC(N)c2ccccc2)cn1. The van der Waals surface area contributed by atoms with Gasteiger partial charge in [0.25, 0.3) is 0 Å². The molecular weight excluding hydrogens is 198 g/mol. The minimum atomic E-state index is 0.0516. The molecule has 2 rings (SSSR count). The summed E-state index contributed by atoms with van der Waals surface area (Å²) >= 11 is 0. The van der Waals surface area contributed by atoms with Crippen molar-refractivity contribution in [3.05, 3.63) is 53.9 Å². The summed E-state index contributed by atoms with van der Waals surface area (Å²) in [5, 5.41) is 4.24. The number of aromatic nitrogens is 2. The first-order chi connectivity index (χ1) is 7.79. The third-order valence-electron chi connectivity index (χ3n) is 2.69. The highest BCUT2D eigenvalue weighted by Gasteiger charge is 2.07. The van der Waals surface area contributed by atoms with E-state index in [1.165, 1.54) is 11.1 Å². The molecule has 1 heterocycles. The highest BCUT2D eigenvalue weighted by atomic mass is 15.3. The van der Waals surface area contributed by atoms with E-state index in [0.717, 1.165) is 13.0 Å². The Balaban J connectivity index is 2.05. The van der Waals surface area contributed by atoms with Crippen LogP contribution in [0.5, 0.6) is 0 Å². The average Bonchev–Trinajstić information content (AvgIpc) is 2.78. The van der Waals surface area contributed by atoms with E-state index in [4.69, 9.17) is 5.73 Å². The van der Waals surface area contributed by atoms with Crippen LogP contribution in [-0.4, -0.2) is 9.78 Å². The molecule has 1 unspecified atom stereocenters. The molecule has 0 amide bonds. The van der Waals surface area contributed by atoms with E-state index in [2.05, 4.69) is 30.4 Å². The molecule has 0 aliphatic carbocycles. The fraction of sp³-hybridized carbons (Fsp3) is 0.308. The third kappa shape index (κ3) is 2.49. The highest BCUT2D eigenvalue weighted by Crippen LogP contribution is 2.15. The zero-order chi connectivity index (χ0) is 11.4. The maximum absolute atomic E-state index is 6.14. The maximum atomic E-state index is 6.14. The van der Waals surface area contributed by atoms with Gasteiger partial charge in [0.1, 0.15) is 0 Å². The molecule has 3 nitrogen and oxygen atoms in total. The van der Waals surface area contributed by atoms with Gasteiger partial charge in [0.05, 0.1) is 6.20 Å². The zero-order valence-corrected chi connectivity index (χ0v) is 9.50. The van der Waals surface area contributed by atoms with Gasteiger partial charge in [0.15, 0.2) is 0 Å². The number of rotatable bonds is 4. The van der Waals surface area contributed by atoms with Crippen LogP contribution >= 0.6 is 0 Å². The Morgan fingerprint density at radius 1 is 1.31 bits per heavy atom. The van der Waals surface area contributed by atoms with Crippen molar-refractivity contribution in [1.29, 1.82) is 0 Å². The molecule has 0 radical (unpaired) electrons. The fourth-order valence-electron chi connectivity index (χ4n) is 1.76. The van der Waals surface area contributed by atoms with Crippen LogP contribution in [0.3, 0.4) is 0 Å². The lowest BCUT2D eigenvalue weighted by atomic mass is 10.0. The van der Waals surface area contributed by atoms with Crippen LogP contribution in [0.1, 0.15) is 24.1 Å². The molecule has 0 saturated heterocycles. The minimum Gasteiger partial charge on any atom is -0.324 e. The normalized spacial score (nSPS) is 12.6. The van der Waals surface area contributed by atoms with Gasteiger partial charge in [-0.3, -0.25) is 4.68 Å². The van der Waals surface area contributed by atoms with Gasteiger partial charge in [-0.1, -0.05) is 30.3 Å². The molecular formula is C13H17N3. The van der Waals surface area contributed by atoms with E-state index in [1.807, 2.05) is 29.1 Å². The van der Waals surface area contributed by atoms with Gasteiger partial charge in [-0.15, -0.1) is 0 Å². The number of aryl methyl sites for hydroxylation is 1. The number of hydrogen-bond donors (Lipinski definition) is 1. The predicted octanol–water partition coefficient (Wildman–Crippen LogP) is 2.15. The Kier molecular flexibility index (Phi) is 3.37. The summed E-state index contributed by atoms with van der Waals surface area (Å²) in [6.45, 7) is 2.98. The number of nitrogens with two attached hydrogens (primary N) is 1. The second kappa shape index (κ2) is 4.94. The lowest BCUT2D eigenvalue weighted by molar-refractivity contribution is 0.657. The first-order valence-corrected chi connectivity index (χ1v) is 5.61. The second-order valence-electron chi connectivity index (χ2n) is 3.93. The Labute approximate surface area is 95.9 Å². The molecule has 1 atom stereocenters. The standard InChI is InChI=1S/C13H17N3/c1-2-16-10-11(9-15-16)8-13(14)12-6-4-3-5-7-12/h3-7,9-10,13H,2,8,14H2,1H3. The Morgan fingerprint density at radius 2 is 2.06 bits per heavy atom. The second-order valence-corrected chi connectivity index (χ2v) is 3.93.